The van der Waals surface area contributed by atoms with E-state index in [1.54, 1.807) is 11.6 Å². The minimum Gasteiger partial charge on any atom is -0.342 e. The predicted octanol–water partition coefficient (Wildman–Crippen LogP) is 5.11. The van der Waals surface area contributed by atoms with Crippen LogP contribution >= 0.6 is 0 Å². The third kappa shape index (κ3) is 3.22. The number of rotatable bonds is 4. The van der Waals surface area contributed by atoms with Crippen LogP contribution in [-0.2, 0) is 13.6 Å². The van der Waals surface area contributed by atoms with Crippen molar-refractivity contribution in [2.45, 2.75) is 6.54 Å². The summed E-state index contributed by atoms with van der Waals surface area (Å²) in [5, 5.41) is 1.81. The molecule has 0 amide bonds. The zero-order valence-corrected chi connectivity index (χ0v) is 16.7. The number of hydrogen-bond donors (Lipinski definition) is 0. The molecule has 0 radical (unpaired) electrons. The number of fused-ring (bicyclic) bond motifs is 2. The number of benzene rings is 3. The van der Waals surface area contributed by atoms with Crippen LogP contribution in [0.1, 0.15) is 17.0 Å². The fraction of sp³-hybridized carbons (Fsp3) is 0.0769. The summed E-state index contributed by atoms with van der Waals surface area (Å²) in [6.07, 6.45) is 6.12. The second-order valence-corrected chi connectivity index (χ2v) is 7.40. The Morgan fingerprint density at radius 1 is 0.833 bits per heavy atom. The first-order chi connectivity index (χ1) is 14.7. The second kappa shape index (κ2) is 7.48. The minimum atomic E-state index is -0.0354. The SMILES string of the molecule is Cn1c(/C=C/c2cn(Cc3ccccc3)c3ccccc23)nc2ccccc2c1=O. The van der Waals surface area contributed by atoms with Crippen molar-refractivity contribution < 1.29 is 0 Å². The van der Waals surface area contributed by atoms with Gasteiger partial charge in [-0.25, -0.2) is 4.98 Å². The van der Waals surface area contributed by atoms with Gasteiger partial charge in [0.2, 0.25) is 0 Å². The van der Waals surface area contributed by atoms with Crippen LogP contribution in [0, 0.1) is 0 Å². The van der Waals surface area contributed by atoms with Crippen LogP contribution in [0.15, 0.2) is 89.9 Å². The van der Waals surface area contributed by atoms with Gasteiger partial charge in [0.25, 0.3) is 5.56 Å². The van der Waals surface area contributed by atoms with Gasteiger partial charge >= 0.3 is 0 Å². The lowest BCUT2D eigenvalue weighted by Crippen LogP contribution is -2.20. The molecule has 5 aromatic rings. The molecule has 3 aromatic carbocycles. The highest BCUT2D eigenvalue weighted by Crippen LogP contribution is 2.24. The third-order valence-electron chi connectivity index (χ3n) is 5.44. The van der Waals surface area contributed by atoms with E-state index < -0.39 is 0 Å². The van der Waals surface area contributed by atoms with Gasteiger partial charge in [-0.3, -0.25) is 9.36 Å². The molecule has 30 heavy (non-hydrogen) atoms. The van der Waals surface area contributed by atoms with Crippen LogP contribution in [-0.4, -0.2) is 14.1 Å². The highest BCUT2D eigenvalue weighted by Gasteiger charge is 2.08. The first-order valence-corrected chi connectivity index (χ1v) is 9.96. The van der Waals surface area contributed by atoms with Gasteiger partial charge in [-0.1, -0.05) is 60.7 Å². The summed E-state index contributed by atoms with van der Waals surface area (Å²) < 4.78 is 3.86. The van der Waals surface area contributed by atoms with Crippen molar-refractivity contribution in [1.29, 1.82) is 0 Å². The molecule has 0 saturated heterocycles. The standard InChI is InChI=1S/C26H21N3O/c1-28-25(27-23-13-7-5-12-22(23)26(28)30)16-15-20-18-29(17-19-9-3-2-4-10-19)24-14-8-6-11-21(20)24/h2-16,18H,17H2,1H3/b16-15+. The summed E-state index contributed by atoms with van der Waals surface area (Å²) in [5.74, 6) is 0.638. The molecule has 4 heteroatoms. The Balaban J connectivity index is 1.58. The molecular weight excluding hydrogens is 370 g/mol. The molecule has 2 aromatic heterocycles. The molecule has 0 bridgehead atoms. The smallest absolute Gasteiger partial charge is 0.261 e. The summed E-state index contributed by atoms with van der Waals surface area (Å²) in [6, 6.07) is 26.3. The number of para-hydroxylation sites is 2. The van der Waals surface area contributed by atoms with Crippen molar-refractivity contribution in [3.63, 3.8) is 0 Å². The summed E-state index contributed by atoms with van der Waals surface area (Å²) in [4.78, 5) is 17.3. The van der Waals surface area contributed by atoms with Gasteiger partial charge in [0.15, 0.2) is 0 Å². The first-order valence-electron chi connectivity index (χ1n) is 9.96. The number of aromatic nitrogens is 3. The van der Waals surface area contributed by atoms with Gasteiger partial charge in [0, 0.05) is 36.3 Å². The van der Waals surface area contributed by atoms with E-state index in [0.29, 0.717) is 16.7 Å². The van der Waals surface area contributed by atoms with Crippen LogP contribution in [0.25, 0.3) is 34.0 Å². The van der Waals surface area contributed by atoms with E-state index in [2.05, 4.69) is 64.3 Å². The van der Waals surface area contributed by atoms with Crippen LogP contribution in [0.3, 0.4) is 0 Å². The molecule has 2 heterocycles. The third-order valence-corrected chi connectivity index (χ3v) is 5.44. The van der Waals surface area contributed by atoms with Gasteiger partial charge in [0.05, 0.1) is 10.9 Å². The maximum absolute atomic E-state index is 12.7. The van der Waals surface area contributed by atoms with Crippen LogP contribution < -0.4 is 5.56 Å². The molecule has 5 rings (SSSR count). The van der Waals surface area contributed by atoms with E-state index in [0.717, 1.165) is 12.1 Å². The Kier molecular flexibility index (Phi) is 4.52. The Hall–Kier alpha value is -3.92. The van der Waals surface area contributed by atoms with Gasteiger partial charge in [-0.05, 0) is 35.9 Å². The molecule has 0 aliphatic carbocycles. The largest absolute Gasteiger partial charge is 0.342 e. The van der Waals surface area contributed by atoms with Crippen molar-refractivity contribution in [3.8, 4) is 0 Å². The molecule has 146 valence electrons. The van der Waals surface area contributed by atoms with Crippen molar-refractivity contribution in [3.05, 3.63) is 112 Å². The molecule has 0 saturated carbocycles. The lowest BCUT2D eigenvalue weighted by molar-refractivity contribution is 0.828. The molecule has 4 nitrogen and oxygen atoms in total. The Morgan fingerprint density at radius 3 is 2.37 bits per heavy atom. The zero-order chi connectivity index (χ0) is 20.5. The van der Waals surface area contributed by atoms with Crippen molar-refractivity contribution in [1.82, 2.24) is 14.1 Å². The highest BCUT2D eigenvalue weighted by molar-refractivity contribution is 5.92. The molecule has 0 aliphatic heterocycles. The lowest BCUT2D eigenvalue weighted by Gasteiger charge is -2.05. The maximum Gasteiger partial charge on any atom is 0.261 e. The maximum atomic E-state index is 12.7. The lowest BCUT2D eigenvalue weighted by atomic mass is 10.1. The molecule has 0 spiro atoms. The van der Waals surface area contributed by atoms with E-state index in [1.807, 2.05) is 42.5 Å². The van der Waals surface area contributed by atoms with Gasteiger partial charge in [-0.2, -0.15) is 0 Å². The summed E-state index contributed by atoms with van der Waals surface area (Å²) in [6.45, 7) is 0.807. The average molecular weight is 391 g/mol. The fourth-order valence-electron chi connectivity index (χ4n) is 3.87. The Morgan fingerprint density at radius 2 is 1.53 bits per heavy atom. The Labute approximate surface area is 174 Å². The minimum absolute atomic E-state index is 0.0354. The monoisotopic (exact) mass is 391 g/mol. The number of nitrogens with zero attached hydrogens (tertiary/aromatic N) is 3. The first kappa shape index (κ1) is 18.1. The van der Waals surface area contributed by atoms with Crippen molar-refractivity contribution in [2.24, 2.45) is 7.05 Å². The van der Waals surface area contributed by atoms with Crippen molar-refractivity contribution in [2.75, 3.05) is 0 Å². The normalized spacial score (nSPS) is 11.6. The number of hydrogen-bond acceptors (Lipinski definition) is 2. The molecular formula is C26H21N3O. The molecule has 0 unspecified atom stereocenters. The van der Waals surface area contributed by atoms with E-state index in [9.17, 15) is 4.79 Å². The van der Waals surface area contributed by atoms with Crippen LogP contribution in [0.2, 0.25) is 0 Å². The highest BCUT2D eigenvalue weighted by atomic mass is 16.1. The molecule has 0 N–H and O–H groups in total. The van der Waals surface area contributed by atoms with Gasteiger partial charge in [-0.15, -0.1) is 0 Å². The van der Waals surface area contributed by atoms with Crippen LogP contribution in [0.5, 0.6) is 0 Å². The summed E-state index contributed by atoms with van der Waals surface area (Å²) in [5.41, 5.74) is 4.22. The topological polar surface area (TPSA) is 39.8 Å². The molecule has 0 aliphatic rings. The van der Waals surface area contributed by atoms with E-state index in [4.69, 9.17) is 0 Å². The molecule has 0 atom stereocenters. The van der Waals surface area contributed by atoms with Gasteiger partial charge in [0.1, 0.15) is 5.82 Å². The Bertz CT molecular complexity index is 1440. The quantitative estimate of drug-likeness (QED) is 0.427. The second-order valence-electron chi connectivity index (χ2n) is 7.40. The summed E-state index contributed by atoms with van der Waals surface area (Å²) >= 11 is 0. The molecule has 0 fully saturated rings. The predicted molar refractivity (Wildman–Crippen MR) is 123 cm³/mol. The summed E-state index contributed by atoms with van der Waals surface area (Å²) in [7, 11) is 1.76. The van der Waals surface area contributed by atoms with E-state index >= 15 is 0 Å². The van der Waals surface area contributed by atoms with Gasteiger partial charge < -0.3 is 4.57 Å². The van der Waals surface area contributed by atoms with E-state index in [-0.39, 0.29) is 5.56 Å². The average Bonchev–Trinajstić information content (AvgIpc) is 3.13. The fourth-order valence-corrected chi connectivity index (χ4v) is 3.87. The van der Waals surface area contributed by atoms with E-state index in [1.165, 1.54) is 16.5 Å². The zero-order valence-electron chi connectivity index (χ0n) is 16.7. The van der Waals surface area contributed by atoms with Crippen LogP contribution in [0.4, 0.5) is 0 Å². The van der Waals surface area contributed by atoms with Crippen molar-refractivity contribution >= 4 is 34.0 Å².